The second-order valence-corrected chi connectivity index (χ2v) is 12.0. The molecule has 0 saturated carbocycles. The molecule has 208 valence electrons. The zero-order valence-corrected chi connectivity index (χ0v) is 24.6. The van der Waals surface area contributed by atoms with E-state index in [1.54, 1.807) is 7.11 Å². The molecule has 2 aromatic carbocycles. The predicted octanol–water partition coefficient (Wildman–Crippen LogP) is 7.48. The minimum absolute atomic E-state index is 0.729. The predicted molar refractivity (Wildman–Crippen MR) is 161 cm³/mol. The molecule has 0 N–H and O–H groups in total. The number of hydrogen-bond donors (Lipinski definition) is 0. The summed E-state index contributed by atoms with van der Waals surface area (Å²) in [5.41, 5.74) is 4.90. The second-order valence-electron chi connectivity index (χ2n) is 12.0. The maximum atomic E-state index is 5.41. The fourth-order valence-electron chi connectivity index (χ4n) is 5.50. The van der Waals surface area contributed by atoms with Gasteiger partial charge in [0.2, 0.25) is 0 Å². The third kappa shape index (κ3) is 8.07. The summed E-state index contributed by atoms with van der Waals surface area (Å²) in [5.74, 6) is 3.40. The molecule has 5 nitrogen and oxygen atoms in total. The summed E-state index contributed by atoms with van der Waals surface area (Å²) in [7, 11) is 1.72. The maximum absolute atomic E-state index is 5.41. The van der Waals surface area contributed by atoms with Crippen LogP contribution in [-0.4, -0.2) is 59.2 Å². The quantitative estimate of drug-likeness (QED) is 0.221. The van der Waals surface area contributed by atoms with Gasteiger partial charge in [0, 0.05) is 18.7 Å². The van der Waals surface area contributed by atoms with Gasteiger partial charge in [0.1, 0.15) is 11.6 Å². The number of benzene rings is 2. The van der Waals surface area contributed by atoms with Gasteiger partial charge < -0.3 is 14.2 Å². The standard InChI is InChI=1S/C33H50N4O/c1-26(2)16-22-36(23-17-27(3)4)25-28-10-15-31-32(24-28)37(21-9-20-35-18-7-6-8-19-35)33(34-31)29-11-13-30(38-5)14-12-29/h10-15,24,26-27H,6-9,16-23,25H2,1-5H3. The number of aryl methyl sites for hydroxylation is 1. The number of aromatic nitrogens is 2. The van der Waals surface area contributed by atoms with Crippen LogP contribution in [-0.2, 0) is 13.1 Å². The van der Waals surface area contributed by atoms with Crippen molar-refractivity contribution < 1.29 is 4.74 Å². The summed E-state index contributed by atoms with van der Waals surface area (Å²) < 4.78 is 7.88. The largest absolute Gasteiger partial charge is 0.497 e. The van der Waals surface area contributed by atoms with Crippen molar-refractivity contribution in [3.8, 4) is 17.1 Å². The van der Waals surface area contributed by atoms with Gasteiger partial charge in [0.05, 0.1) is 18.1 Å². The van der Waals surface area contributed by atoms with Gasteiger partial charge in [0.15, 0.2) is 0 Å². The molecule has 1 saturated heterocycles. The van der Waals surface area contributed by atoms with E-state index in [9.17, 15) is 0 Å². The smallest absolute Gasteiger partial charge is 0.141 e. The summed E-state index contributed by atoms with van der Waals surface area (Å²) in [6.45, 7) is 17.3. The number of rotatable bonds is 14. The van der Waals surface area contributed by atoms with E-state index in [4.69, 9.17) is 9.72 Å². The summed E-state index contributed by atoms with van der Waals surface area (Å²) in [5, 5.41) is 0. The van der Waals surface area contributed by atoms with Crippen LogP contribution in [0.25, 0.3) is 22.4 Å². The normalized spacial score (nSPS) is 14.8. The molecular weight excluding hydrogens is 468 g/mol. The molecule has 1 aliphatic heterocycles. The first kappa shape index (κ1) is 28.6. The Labute approximate surface area is 231 Å². The van der Waals surface area contributed by atoms with E-state index in [-0.39, 0.29) is 0 Å². The first-order valence-electron chi connectivity index (χ1n) is 15.0. The van der Waals surface area contributed by atoms with E-state index < -0.39 is 0 Å². The number of fused-ring (bicyclic) bond motifs is 1. The molecule has 4 rings (SSSR count). The molecular formula is C33H50N4O. The number of likely N-dealkylation sites (tertiary alicyclic amines) is 1. The topological polar surface area (TPSA) is 33.5 Å². The fourth-order valence-corrected chi connectivity index (χ4v) is 5.50. The van der Waals surface area contributed by atoms with Gasteiger partial charge in [-0.2, -0.15) is 0 Å². The van der Waals surface area contributed by atoms with Gasteiger partial charge in [-0.25, -0.2) is 4.98 Å². The Morgan fingerprint density at radius 1 is 0.868 bits per heavy atom. The Morgan fingerprint density at radius 3 is 2.18 bits per heavy atom. The van der Waals surface area contributed by atoms with Crippen molar-refractivity contribution in [2.75, 3.05) is 39.8 Å². The molecule has 1 aromatic heterocycles. The molecule has 38 heavy (non-hydrogen) atoms. The van der Waals surface area contributed by atoms with Gasteiger partial charge in [-0.05, 0) is 119 Å². The molecule has 3 aromatic rings. The van der Waals surface area contributed by atoms with Crippen molar-refractivity contribution in [3.05, 3.63) is 48.0 Å². The highest BCUT2D eigenvalue weighted by atomic mass is 16.5. The minimum Gasteiger partial charge on any atom is -0.497 e. The average Bonchev–Trinajstić information content (AvgIpc) is 3.28. The first-order chi connectivity index (χ1) is 18.4. The average molecular weight is 519 g/mol. The van der Waals surface area contributed by atoms with E-state index in [0.29, 0.717) is 0 Å². The van der Waals surface area contributed by atoms with Gasteiger partial charge in [-0.15, -0.1) is 0 Å². The Bertz CT molecular complexity index is 1100. The van der Waals surface area contributed by atoms with Gasteiger partial charge >= 0.3 is 0 Å². The van der Waals surface area contributed by atoms with Crippen LogP contribution in [0.2, 0.25) is 0 Å². The number of imidazole rings is 1. The van der Waals surface area contributed by atoms with Crippen LogP contribution in [0.1, 0.15) is 71.8 Å². The molecule has 0 aliphatic carbocycles. The number of methoxy groups -OCH3 is 1. The van der Waals surface area contributed by atoms with Gasteiger partial charge in [-0.1, -0.05) is 40.2 Å². The summed E-state index contributed by atoms with van der Waals surface area (Å²) >= 11 is 0. The Morgan fingerprint density at radius 2 is 1.55 bits per heavy atom. The zero-order valence-electron chi connectivity index (χ0n) is 24.6. The van der Waals surface area contributed by atoms with Crippen molar-refractivity contribution in [2.45, 2.75) is 79.3 Å². The number of hydrogen-bond acceptors (Lipinski definition) is 4. The van der Waals surface area contributed by atoms with E-state index in [0.717, 1.165) is 67.1 Å². The minimum atomic E-state index is 0.729. The van der Waals surface area contributed by atoms with Crippen LogP contribution in [0.5, 0.6) is 5.75 Å². The third-order valence-electron chi connectivity index (χ3n) is 7.92. The first-order valence-corrected chi connectivity index (χ1v) is 15.0. The molecule has 0 unspecified atom stereocenters. The van der Waals surface area contributed by atoms with Gasteiger partial charge in [-0.3, -0.25) is 4.90 Å². The Hall–Kier alpha value is -2.37. The lowest BCUT2D eigenvalue weighted by Gasteiger charge is -2.26. The third-order valence-corrected chi connectivity index (χ3v) is 7.92. The molecule has 2 heterocycles. The van der Waals surface area contributed by atoms with Crippen LogP contribution < -0.4 is 4.74 Å². The van der Waals surface area contributed by atoms with Crippen molar-refractivity contribution >= 4 is 11.0 Å². The lowest BCUT2D eigenvalue weighted by atomic mass is 10.1. The Balaban J connectivity index is 1.59. The second kappa shape index (κ2) is 14.1. The molecule has 0 radical (unpaired) electrons. The number of nitrogens with zero attached hydrogens (tertiary/aromatic N) is 4. The maximum Gasteiger partial charge on any atom is 0.141 e. The van der Waals surface area contributed by atoms with Gasteiger partial charge in [0.25, 0.3) is 0 Å². The molecule has 0 bridgehead atoms. The van der Waals surface area contributed by atoms with Crippen LogP contribution >= 0.6 is 0 Å². The van der Waals surface area contributed by atoms with E-state index in [2.05, 4.69) is 72.4 Å². The molecule has 0 amide bonds. The molecule has 0 atom stereocenters. The lowest BCUT2D eigenvalue weighted by molar-refractivity contribution is 0.223. The summed E-state index contributed by atoms with van der Waals surface area (Å²) in [4.78, 5) is 10.4. The molecule has 5 heteroatoms. The molecule has 0 spiro atoms. The van der Waals surface area contributed by atoms with Crippen LogP contribution in [0, 0.1) is 11.8 Å². The zero-order chi connectivity index (χ0) is 26.9. The molecule has 1 aliphatic rings. The number of ether oxygens (including phenoxy) is 1. The fraction of sp³-hybridized carbons (Fsp3) is 0.606. The van der Waals surface area contributed by atoms with Crippen molar-refractivity contribution in [2.24, 2.45) is 11.8 Å². The molecule has 1 fully saturated rings. The highest BCUT2D eigenvalue weighted by Crippen LogP contribution is 2.28. The van der Waals surface area contributed by atoms with E-state index >= 15 is 0 Å². The SMILES string of the molecule is COc1ccc(-c2nc3ccc(CN(CCC(C)C)CCC(C)C)cc3n2CCCN2CCCCC2)cc1. The van der Waals surface area contributed by atoms with Crippen molar-refractivity contribution in [3.63, 3.8) is 0 Å². The Kier molecular flexibility index (Phi) is 10.7. The van der Waals surface area contributed by atoms with Crippen molar-refractivity contribution in [1.29, 1.82) is 0 Å². The van der Waals surface area contributed by atoms with Crippen LogP contribution in [0.3, 0.4) is 0 Å². The van der Waals surface area contributed by atoms with Crippen LogP contribution in [0.4, 0.5) is 0 Å². The summed E-state index contributed by atoms with van der Waals surface area (Å²) in [6.07, 6.45) is 7.72. The summed E-state index contributed by atoms with van der Waals surface area (Å²) in [6, 6.07) is 15.3. The number of piperidine rings is 1. The monoisotopic (exact) mass is 518 g/mol. The lowest BCUT2D eigenvalue weighted by Crippen LogP contribution is -2.31. The highest BCUT2D eigenvalue weighted by molar-refractivity contribution is 5.81. The van der Waals surface area contributed by atoms with E-state index in [1.807, 2.05) is 12.1 Å². The van der Waals surface area contributed by atoms with Crippen LogP contribution in [0.15, 0.2) is 42.5 Å². The van der Waals surface area contributed by atoms with E-state index in [1.165, 1.54) is 62.8 Å². The van der Waals surface area contributed by atoms with Crippen molar-refractivity contribution in [1.82, 2.24) is 19.4 Å². The highest BCUT2D eigenvalue weighted by Gasteiger charge is 2.16.